The van der Waals surface area contributed by atoms with Crippen LogP contribution in [0.15, 0.2) is 30.7 Å². The lowest BCUT2D eigenvalue weighted by Crippen LogP contribution is -2.26. The monoisotopic (exact) mass is 203 g/mol. The molecule has 0 aliphatic carbocycles. The molecule has 0 atom stereocenters. The maximum Gasteiger partial charge on any atom is 0.255 e. The van der Waals surface area contributed by atoms with Crippen molar-refractivity contribution in [2.24, 2.45) is 0 Å². The molecule has 78 valence electrons. The highest BCUT2D eigenvalue weighted by Crippen LogP contribution is 2.06. The summed E-state index contributed by atoms with van der Waals surface area (Å²) >= 11 is 0. The molecule has 1 amide bonds. The van der Waals surface area contributed by atoms with Crippen molar-refractivity contribution in [3.8, 4) is 0 Å². The van der Waals surface area contributed by atoms with E-state index in [1.54, 1.807) is 30.4 Å². The Morgan fingerprint density at radius 2 is 2.33 bits per heavy atom. The fraction of sp³-hybridized carbons (Fsp3) is 0.273. The third-order valence-electron chi connectivity index (χ3n) is 2.46. The minimum atomic E-state index is 0.0353. The lowest BCUT2D eigenvalue weighted by Gasteiger charge is -2.14. The van der Waals surface area contributed by atoms with Crippen molar-refractivity contribution in [2.45, 2.75) is 6.92 Å². The zero-order chi connectivity index (χ0) is 10.8. The van der Waals surface area contributed by atoms with Gasteiger partial charge in [-0.05, 0) is 19.1 Å². The zero-order valence-corrected chi connectivity index (χ0v) is 8.84. The molecular weight excluding hydrogens is 190 g/mol. The van der Waals surface area contributed by atoms with E-state index in [0.29, 0.717) is 12.1 Å². The van der Waals surface area contributed by atoms with E-state index in [9.17, 15) is 4.79 Å². The molecule has 0 unspecified atom stereocenters. The summed E-state index contributed by atoms with van der Waals surface area (Å²) in [7, 11) is 1.79. The number of amides is 1. The summed E-state index contributed by atoms with van der Waals surface area (Å²) in [4.78, 5) is 17.6. The molecule has 2 rings (SSSR count). The zero-order valence-electron chi connectivity index (χ0n) is 8.84. The molecule has 0 aromatic carbocycles. The van der Waals surface area contributed by atoms with Crippen LogP contribution in [0.5, 0.6) is 0 Å². The van der Waals surface area contributed by atoms with E-state index in [-0.39, 0.29) is 5.91 Å². The van der Waals surface area contributed by atoms with Gasteiger partial charge in [0.05, 0.1) is 5.56 Å². The van der Waals surface area contributed by atoms with Crippen LogP contribution in [0, 0.1) is 0 Å². The molecule has 0 aliphatic rings. The molecule has 15 heavy (non-hydrogen) atoms. The Hall–Kier alpha value is -1.84. The first-order valence-corrected chi connectivity index (χ1v) is 4.90. The van der Waals surface area contributed by atoms with Crippen molar-refractivity contribution in [2.75, 3.05) is 13.6 Å². The molecule has 2 heterocycles. The second-order valence-corrected chi connectivity index (χ2v) is 3.43. The van der Waals surface area contributed by atoms with E-state index in [4.69, 9.17) is 0 Å². The molecule has 0 aliphatic heterocycles. The number of pyridine rings is 1. The number of carbonyl (C=O) groups excluding carboxylic acids is 1. The highest BCUT2D eigenvalue weighted by Gasteiger charge is 2.10. The topological polar surface area (TPSA) is 37.6 Å². The molecule has 0 spiro atoms. The highest BCUT2D eigenvalue weighted by molar-refractivity contribution is 5.94. The summed E-state index contributed by atoms with van der Waals surface area (Å²) in [5.74, 6) is 0.0353. The van der Waals surface area contributed by atoms with Gasteiger partial charge in [-0.1, -0.05) is 0 Å². The average Bonchev–Trinajstić information content (AvgIpc) is 2.73. The van der Waals surface area contributed by atoms with Crippen molar-refractivity contribution in [1.29, 1.82) is 0 Å². The van der Waals surface area contributed by atoms with Gasteiger partial charge < -0.3 is 9.30 Å². The number of rotatable bonds is 2. The van der Waals surface area contributed by atoms with Gasteiger partial charge in [-0.25, -0.2) is 4.98 Å². The van der Waals surface area contributed by atoms with Gasteiger partial charge in [-0.15, -0.1) is 0 Å². The lowest BCUT2D eigenvalue weighted by atomic mass is 10.2. The van der Waals surface area contributed by atoms with E-state index in [0.717, 1.165) is 5.65 Å². The van der Waals surface area contributed by atoms with Crippen molar-refractivity contribution in [1.82, 2.24) is 14.3 Å². The summed E-state index contributed by atoms with van der Waals surface area (Å²) in [5, 5.41) is 0. The summed E-state index contributed by atoms with van der Waals surface area (Å²) in [6, 6.07) is 3.65. The van der Waals surface area contributed by atoms with Crippen LogP contribution < -0.4 is 0 Å². The predicted octanol–water partition coefficient (Wildman–Crippen LogP) is 1.43. The van der Waals surface area contributed by atoms with Crippen LogP contribution in [0.1, 0.15) is 17.3 Å². The highest BCUT2D eigenvalue weighted by atomic mass is 16.2. The Labute approximate surface area is 88.2 Å². The maximum absolute atomic E-state index is 11.8. The molecule has 0 radical (unpaired) electrons. The number of carbonyl (C=O) groups is 1. The van der Waals surface area contributed by atoms with Gasteiger partial charge in [0.2, 0.25) is 0 Å². The van der Waals surface area contributed by atoms with Gasteiger partial charge >= 0.3 is 0 Å². The SMILES string of the molecule is CCN(C)C(=O)c1ccc2nccn2c1. The Bertz CT molecular complexity index is 489. The Morgan fingerprint density at radius 3 is 3.07 bits per heavy atom. The molecule has 0 saturated heterocycles. The summed E-state index contributed by atoms with van der Waals surface area (Å²) < 4.78 is 1.84. The molecule has 4 heteroatoms. The second kappa shape index (κ2) is 3.73. The Balaban J connectivity index is 2.39. The van der Waals surface area contributed by atoms with E-state index < -0.39 is 0 Å². The Kier molecular flexibility index (Phi) is 2.41. The molecular formula is C11H13N3O. The molecule has 4 nitrogen and oxygen atoms in total. The third kappa shape index (κ3) is 1.70. The van der Waals surface area contributed by atoms with Crippen LogP contribution in [0.2, 0.25) is 0 Å². The number of hydrogen-bond donors (Lipinski definition) is 0. The lowest BCUT2D eigenvalue weighted by molar-refractivity contribution is 0.0802. The van der Waals surface area contributed by atoms with E-state index in [1.807, 2.05) is 23.6 Å². The standard InChI is InChI=1S/C11H13N3O/c1-3-13(2)11(15)9-4-5-10-12-6-7-14(10)8-9/h4-8H,3H2,1-2H3. The van der Waals surface area contributed by atoms with Crippen LogP contribution in [0.3, 0.4) is 0 Å². The van der Waals surface area contributed by atoms with Crippen LogP contribution >= 0.6 is 0 Å². The third-order valence-corrected chi connectivity index (χ3v) is 2.46. The molecule has 0 N–H and O–H groups in total. The van der Waals surface area contributed by atoms with Gasteiger partial charge in [-0.3, -0.25) is 4.79 Å². The molecule has 2 aromatic rings. The molecule has 2 aromatic heterocycles. The van der Waals surface area contributed by atoms with Gasteiger partial charge in [-0.2, -0.15) is 0 Å². The minimum Gasteiger partial charge on any atom is -0.342 e. The normalized spacial score (nSPS) is 10.5. The first kappa shape index (κ1) is 9.71. The van der Waals surface area contributed by atoms with Crippen molar-refractivity contribution >= 4 is 11.6 Å². The summed E-state index contributed by atoms with van der Waals surface area (Å²) in [6.45, 7) is 2.66. The second-order valence-electron chi connectivity index (χ2n) is 3.43. The first-order chi connectivity index (χ1) is 7.22. The van der Waals surface area contributed by atoms with Gasteiger partial charge in [0.1, 0.15) is 5.65 Å². The van der Waals surface area contributed by atoms with Crippen LogP contribution in [0.25, 0.3) is 5.65 Å². The number of nitrogens with zero attached hydrogens (tertiary/aromatic N) is 3. The Morgan fingerprint density at radius 1 is 1.53 bits per heavy atom. The largest absolute Gasteiger partial charge is 0.342 e. The van der Waals surface area contributed by atoms with E-state index >= 15 is 0 Å². The minimum absolute atomic E-state index is 0.0353. The molecule has 0 fully saturated rings. The maximum atomic E-state index is 11.8. The smallest absolute Gasteiger partial charge is 0.255 e. The van der Waals surface area contributed by atoms with E-state index in [2.05, 4.69) is 4.98 Å². The van der Waals surface area contributed by atoms with Gasteiger partial charge in [0.25, 0.3) is 5.91 Å². The van der Waals surface area contributed by atoms with Crippen LogP contribution in [-0.4, -0.2) is 33.8 Å². The van der Waals surface area contributed by atoms with Crippen molar-refractivity contribution in [3.05, 3.63) is 36.3 Å². The average molecular weight is 203 g/mol. The quantitative estimate of drug-likeness (QED) is 0.740. The summed E-state index contributed by atoms with van der Waals surface area (Å²) in [5.41, 5.74) is 1.54. The van der Waals surface area contributed by atoms with Crippen LogP contribution in [-0.2, 0) is 0 Å². The number of hydrogen-bond acceptors (Lipinski definition) is 2. The number of imidazole rings is 1. The first-order valence-electron chi connectivity index (χ1n) is 4.90. The van der Waals surface area contributed by atoms with Crippen LogP contribution in [0.4, 0.5) is 0 Å². The summed E-state index contributed by atoms with van der Waals surface area (Å²) in [6.07, 6.45) is 5.35. The molecule has 0 saturated carbocycles. The van der Waals surface area contributed by atoms with Crippen molar-refractivity contribution < 1.29 is 4.79 Å². The predicted molar refractivity (Wildman–Crippen MR) is 57.8 cm³/mol. The van der Waals surface area contributed by atoms with E-state index in [1.165, 1.54) is 0 Å². The molecule has 0 bridgehead atoms. The fourth-order valence-corrected chi connectivity index (χ4v) is 1.41. The van der Waals surface area contributed by atoms with Gasteiger partial charge in [0, 0.05) is 32.2 Å². The van der Waals surface area contributed by atoms with Crippen molar-refractivity contribution in [3.63, 3.8) is 0 Å². The number of aromatic nitrogens is 2. The number of fused-ring (bicyclic) bond motifs is 1. The van der Waals surface area contributed by atoms with Gasteiger partial charge in [0.15, 0.2) is 0 Å². The fourth-order valence-electron chi connectivity index (χ4n) is 1.41.